The van der Waals surface area contributed by atoms with E-state index in [0.717, 1.165) is 12.0 Å². The minimum atomic E-state index is 0.779. The molecule has 1 saturated carbocycles. The predicted molar refractivity (Wildman–Crippen MR) is 63.5 cm³/mol. The standard InChI is InChI=1S/C13H25N/c1-4-6-11(2)12(3)7-5-10-14-13-8-9-13/h7,11,13-14H,4-6,8-10H2,1-3H3. The third-order valence-corrected chi connectivity index (χ3v) is 3.12. The molecule has 0 saturated heterocycles. The van der Waals surface area contributed by atoms with E-state index < -0.39 is 0 Å². The van der Waals surface area contributed by atoms with E-state index in [-0.39, 0.29) is 0 Å². The van der Waals surface area contributed by atoms with Crippen LogP contribution in [0.3, 0.4) is 0 Å². The molecule has 0 bridgehead atoms. The van der Waals surface area contributed by atoms with Gasteiger partial charge in [0.2, 0.25) is 0 Å². The molecule has 1 aliphatic carbocycles. The first-order chi connectivity index (χ1) is 6.74. The van der Waals surface area contributed by atoms with Crippen LogP contribution >= 0.6 is 0 Å². The SMILES string of the molecule is CCCC(C)C(C)=CCCNC1CC1. The van der Waals surface area contributed by atoms with Crippen LogP contribution in [-0.2, 0) is 0 Å². The molecule has 0 heterocycles. The van der Waals surface area contributed by atoms with Gasteiger partial charge in [0.25, 0.3) is 0 Å². The van der Waals surface area contributed by atoms with Gasteiger partial charge in [0.15, 0.2) is 0 Å². The zero-order valence-corrected chi connectivity index (χ0v) is 9.97. The van der Waals surface area contributed by atoms with E-state index in [2.05, 4.69) is 32.2 Å². The third-order valence-electron chi connectivity index (χ3n) is 3.12. The van der Waals surface area contributed by atoms with Crippen molar-refractivity contribution in [3.05, 3.63) is 11.6 Å². The molecule has 0 spiro atoms. The van der Waals surface area contributed by atoms with Crippen LogP contribution in [-0.4, -0.2) is 12.6 Å². The van der Waals surface area contributed by atoms with Gasteiger partial charge in [-0.15, -0.1) is 0 Å². The summed E-state index contributed by atoms with van der Waals surface area (Å²) < 4.78 is 0. The average Bonchev–Trinajstić information content (AvgIpc) is 2.96. The molecule has 0 aromatic heterocycles. The summed E-state index contributed by atoms with van der Waals surface area (Å²) in [5.41, 5.74) is 1.57. The van der Waals surface area contributed by atoms with Crippen LogP contribution in [0.4, 0.5) is 0 Å². The lowest BCUT2D eigenvalue weighted by Crippen LogP contribution is -2.16. The van der Waals surface area contributed by atoms with Crippen molar-refractivity contribution in [2.45, 2.75) is 58.9 Å². The molecule has 0 aromatic rings. The Morgan fingerprint density at radius 3 is 2.79 bits per heavy atom. The van der Waals surface area contributed by atoms with Crippen molar-refractivity contribution in [1.82, 2.24) is 5.32 Å². The van der Waals surface area contributed by atoms with Gasteiger partial charge in [-0.1, -0.05) is 31.9 Å². The Labute approximate surface area is 89.0 Å². The highest BCUT2D eigenvalue weighted by atomic mass is 14.9. The molecule has 1 heteroatoms. The number of nitrogens with one attached hydrogen (secondary N) is 1. The van der Waals surface area contributed by atoms with Crippen LogP contribution in [0.5, 0.6) is 0 Å². The van der Waals surface area contributed by atoms with Gasteiger partial charge in [0.05, 0.1) is 0 Å². The fourth-order valence-electron chi connectivity index (χ4n) is 1.74. The second-order valence-electron chi connectivity index (χ2n) is 4.65. The lowest BCUT2D eigenvalue weighted by Gasteiger charge is -2.10. The van der Waals surface area contributed by atoms with E-state index in [1.54, 1.807) is 5.57 Å². The van der Waals surface area contributed by atoms with Crippen molar-refractivity contribution >= 4 is 0 Å². The summed E-state index contributed by atoms with van der Waals surface area (Å²) in [4.78, 5) is 0. The van der Waals surface area contributed by atoms with E-state index in [4.69, 9.17) is 0 Å². The van der Waals surface area contributed by atoms with Crippen LogP contribution in [0, 0.1) is 5.92 Å². The molecule has 0 aromatic carbocycles. The van der Waals surface area contributed by atoms with Gasteiger partial charge in [-0.05, 0) is 45.1 Å². The molecule has 1 fully saturated rings. The first-order valence-corrected chi connectivity index (χ1v) is 6.14. The van der Waals surface area contributed by atoms with Crippen LogP contribution in [0.25, 0.3) is 0 Å². The third kappa shape index (κ3) is 4.80. The summed E-state index contributed by atoms with van der Waals surface area (Å²) in [5.74, 6) is 0.779. The molecule has 1 aliphatic rings. The Morgan fingerprint density at radius 2 is 2.21 bits per heavy atom. The van der Waals surface area contributed by atoms with Crippen LogP contribution in [0.15, 0.2) is 11.6 Å². The molecular weight excluding hydrogens is 170 g/mol. The maximum Gasteiger partial charge on any atom is 0.00683 e. The Bertz CT molecular complexity index is 180. The maximum absolute atomic E-state index is 3.54. The molecule has 1 N–H and O–H groups in total. The van der Waals surface area contributed by atoms with Crippen molar-refractivity contribution in [2.24, 2.45) is 5.92 Å². The highest BCUT2D eigenvalue weighted by Crippen LogP contribution is 2.19. The van der Waals surface area contributed by atoms with Crippen molar-refractivity contribution in [1.29, 1.82) is 0 Å². The summed E-state index contributed by atoms with van der Waals surface area (Å²) in [5, 5.41) is 3.54. The Hall–Kier alpha value is -0.300. The van der Waals surface area contributed by atoms with E-state index in [0.29, 0.717) is 0 Å². The number of hydrogen-bond donors (Lipinski definition) is 1. The van der Waals surface area contributed by atoms with E-state index in [1.807, 2.05) is 0 Å². The summed E-state index contributed by atoms with van der Waals surface area (Å²) >= 11 is 0. The number of allylic oxidation sites excluding steroid dienone is 1. The molecule has 1 rings (SSSR count). The topological polar surface area (TPSA) is 12.0 Å². The van der Waals surface area contributed by atoms with Gasteiger partial charge in [-0.25, -0.2) is 0 Å². The molecule has 1 unspecified atom stereocenters. The predicted octanol–water partition coefficient (Wildman–Crippen LogP) is 3.51. The van der Waals surface area contributed by atoms with Gasteiger partial charge in [0, 0.05) is 6.04 Å². The number of hydrogen-bond acceptors (Lipinski definition) is 1. The van der Waals surface area contributed by atoms with Gasteiger partial charge in [-0.2, -0.15) is 0 Å². The summed E-state index contributed by atoms with van der Waals surface area (Å²) in [6, 6.07) is 0.858. The highest BCUT2D eigenvalue weighted by Gasteiger charge is 2.19. The lowest BCUT2D eigenvalue weighted by atomic mass is 9.97. The average molecular weight is 195 g/mol. The van der Waals surface area contributed by atoms with Gasteiger partial charge in [0.1, 0.15) is 0 Å². The lowest BCUT2D eigenvalue weighted by molar-refractivity contribution is 0.596. The second kappa shape index (κ2) is 6.23. The zero-order chi connectivity index (χ0) is 10.4. The number of rotatable bonds is 7. The Balaban J connectivity index is 2.07. The molecule has 1 atom stereocenters. The molecule has 0 radical (unpaired) electrons. The molecular formula is C13H25N. The zero-order valence-electron chi connectivity index (χ0n) is 9.97. The smallest absolute Gasteiger partial charge is 0.00683 e. The highest BCUT2D eigenvalue weighted by molar-refractivity contribution is 5.02. The van der Waals surface area contributed by atoms with Crippen molar-refractivity contribution < 1.29 is 0 Å². The summed E-state index contributed by atoms with van der Waals surface area (Å²) in [6.45, 7) is 8.04. The van der Waals surface area contributed by atoms with Crippen molar-refractivity contribution in [3.8, 4) is 0 Å². The molecule has 82 valence electrons. The van der Waals surface area contributed by atoms with Gasteiger partial charge >= 0.3 is 0 Å². The first-order valence-electron chi connectivity index (χ1n) is 6.14. The van der Waals surface area contributed by atoms with Crippen LogP contribution < -0.4 is 5.32 Å². The first kappa shape index (κ1) is 11.8. The fraction of sp³-hybridized carbons (Fsp3) is 0.846. The van der Waals surface area contributed by atoms with Gasteiger partial charge in [-0.3, -0.25) is 0 Å². The minimum Gasteiger partial charge on any atom is -0.314 e. The monoisotopic (exact) mass is 195 g/mol. The van der Waals surface area contributed by atoms with Crippen molar-refractivity contribution in [2.75, 3.05) is 6.54 Å². The summed E-state index contributed by atoms with van der Waals surface area (Å²) in [6.07, 6.45) is 9.04. The molecule has 1 nitrogen and oxygen atoms in total. The van der Waals surface area contributed by atoms with E-state index >= 15 is 0 Å². The van der Waals surface area contributed by atoms with E-state index in [1.165, 1.54) is 38.6 Å². The minimum absolute atomic E-state index is 0.779. The fourth-order valence-corrected chi connectivity index (χ4v) is 1.74. The molecule has 0 aliphatic heterocycles. The van der Waals surface area contributed by atoms with E-state index in [9.17, 15) is 0 Å². The quantitative estimate of drug-likeness (QED) is 0.484. The molecule has 14 heavy (non-hydrogen) atoms. The van der Waals surface area contributed by atoms with Crippen molar-refractivity contribution in [3.63, 3.8) is 0 Å². The molecule has 0 amide bonds. The second-order valence-corrected chi connectivity index (χ2v) is 4.65. The normalized spacial score (nSPS) is 19.8. The van der Waals surface area contributed by atoms with Crippen LogP contribution in [0.2, 0.25) is 0 Å². The Morgan fingerprint density at radius 1 is 1.50 bits per heavy atom. The summed E-state index contributed by atoms with van der Waals surface area (Å²) in [7, 11) is 0. The van der Waals surface area contributed by atoms with Crippen LogP contribution in [0.1, 0.15) is 52.9 Å². The Kier molecular flexibility index (Phi) is 5.24. The maximum atomic E-state index is 3.54. The van der Waals surface area contributed by atoms with Gasteiger partial charge < -0.3 is 5.32 Å². The largest absolute Gasteiger partial charge is 0.314 e.